The van der Waals surface area contributed by atoms with E-state index >= 15 is 0 Å². The lowest BCUT2D eigenvalue weighted by Crippen LogP contribution is -2.52. The van der Waals surface area contributed by atoms with Crippen molar-refractivity contribution in [2.45, 2.75) is 34.6 Å². The van der Waals surface area contributed by atoms with Crippen molar-refractivity contribution in [2.24, 2.45) is 0 Å². The molecule has 3 rings (SSSR count). The average molecular weight is 477 g/mol. The normalized spacial score (nSPS) is 12.8. The number of nitrogens with one attached hydrogen (secondary N) is 1. The number of rotatable bonds is 9. The summed E-state index contributed by atoms with van der Waals surface area (Å²) in [5, 5.41) is 10.3. The Hall–Kier alpha value is -2.95. The van der Waals surface area contributed by atoms with Gasteiger partial charge in [0.05, 0.1) is 9.92 Å². The molecule has 0 spiro atoms. The number of hydrogen-bond acceptors (Lipinski definition) is 6. The molecule has 1 aromatic heterocycles. The van der Waals surface area contributed by atoms with Gasteiger partial charge in [0.1, 0.15) is 23.4 Å². The molecule has 0 aliphatic carbocycles. The van der Waals surface area contributed by atoms with E-state index in [2.05, 4.69) is 9.71 Å². The van der Waals surface area contributed by atoms with Crippen LogP contribution in [0.2, 0.25) is 0 Å². The number of thioether (sulfide) groups is 1. The molecule has 0 bridgehead atoms. The third-order valence-corrected chi connectivity index (χ3v) is 7.06. The smallest absolute Gasteiger partial charge is 0.323 e. The minimum Gasteiger partial charge on any atom is -0.480 e. The maximum Gasteiger partial charge on any atom is 0.323 e. The third-order valence-electron chi connectivity index (χ3n) is 4.40. The molecule has 2 N–H and O–H groups in total. The number of aromatic nitrogens is 1. The second-order valence-corrected chi connectivity index (χ2v) is 10.7. The Morgan fingerprint density at radius 1 is 1.06 bits per heavy atom. The largest absolute Gasteiger partial charge is 0.480 e. The standard InChI is InChI=1S/C22H21FN2O5S2/c1-22(2,31-19-5-3-4-14-24-19)20(21(26)27)25-32(28,29)18-12-10-17(11-13-18)30-16-8-6-15(23)7-9-16/h3-14,20,25H,1-2H3,(H,26,27). The summed E-state index contributed by atoms with van der Waals surface area (Å²) < 4.78 is 45.5. The van der Waals surface area contributed by atoms with Crippen LogP contribution in [0.4, 0.5) is 4.39 Å². The van der Waals surface area contributed by atoms with E-state index in [1.165, 1.54) is 48.5 Å². The minimum atomic E-state index is -4.14. The number of benzene rings is 2. The zero-order valence-corrected chi connectivity index (χ0v) is 18.9. The van der Waals surface area contributed by atoms with E-state index in [-0.39, 0.29) is 4.90 Å². The molecule has 0 saturated heterocycles. The van der Waals surface area contributed by atoms with Crippen LogP contribution >= 0.6 is 11.8 Å². The maximum atomic E-state index is 13.0. The van der Waals surface area contributed by atoms with Crippen molar-refractivity contribution in [2.75, 3.05) is 0 Å². The SMILES string of the molecule is CC(C)(Sc1ccccn1)C(NS(=O)(=O)c1ccc(Oc2ccc(F)cc2)cc1)C(=O)O. The predicted octanol–water partition coefficient (Wildman–Crippen LogP) is 4.32. The van der Waals surface area contributed by atoms with Gasteiger partial charge in [-0.25, -0.2) is 17.8 Å². The molecule has 10 heteroatoms. The van der Waals surface area contributed by atoms with Gasteiger partial charge in [0.25, 0.3) is 0 Å². The highest BCUT2D eigenvalue weighted by atomic mass is 32.2. The van der Waals surface area contributed by atoms with Gasteiger partial charge in [0, 0.05) is 10.9 Å². The maximum absolute atomic E-state index is 13.0. The molecule has 0 saturated carbocycles. The second kappa shape index (κ2) is 9.68. The first-order valence-electron chi connectivity index (χ1n) is 9.45. The highest BCUT2D eigenvalue weighted by molar-refractivity contribution is 8.00. The van der Waals surface area contributed by atoms with E-state index in [4.69, 9.17) is 4.74 Å². The first-order chi connectivity index (χ1) is 15.1. The third kappa shape index (κ3) is 6.06. The van der Waals surface area contributed by atoms with Crippen LogP contribution in [0.25, 0.3) is 0 Å². The van der Waals surface area contributed by atoms with Crippen LogP contribution in [0.1, 0.15) is 13.8 Å². The van der Waals surface area contributed by atoms with Gasteiger partial charge in [-0.15, -0.1) is 0 Å². The zero-order chi connectivity index (χ0) is 23.4. The number of halogens is 1. The molecule has 0 aliphatic rings. The Morgan fingerprint density at radius 3 is 2.19 bits per heavy atom. The summed E-state index contributed by atoms with van der Waals surface area (Å²) in [4.78, 5) is 16.0. The molecule has 168 valence electrons. The number of sulfonamides is 1. The number of nitrogens with zero attached hydrogens (tertiary/aromatic N) is 1. The van der Waals surface area contributed by atoms with Gasteiger partial charge in [-0.1, -0.05) is 17.8 Å². The van der Waals surface area contributed by atoms with Crippen molar-refractivity contribution in [3.8, 4) is 11.5 Å². The van der Waals surface area contributed by atoms with E-state index in [1.54, 1.807) is 38.2 Å². The van der Waals surface area contributed by atoms with Gasteiger partial charge in [-0.05, 0) is 74.5 Å². The fourth-order valence-corrected chi connectivity index (χ4v) is 5.26. The van der Waals surface area contributed by atoms with Crippen LogP contribution < -0.4 is 9.46 Å². The Labute approximate surface area is 189 Å². The van der Waals surface area contributed by atoms with E-state index in [1.807, 2.05) is 0 Å². The molecule has 2 aromatic carbocycles. The van der Waals surface area contributed by atoms with Crippen molar-refractivity contribution in [3.63, 3.8) is 0 Å². The van der Waals surface area contributed by atoms with Crippen LogP contribution in [0, 0.1) is 5.82 Å². The summed E-state index contributed by atoms with van der Waals surface area (Å²) in [5.41, 5.74) is 0. The van der Waals surface area contributed by atoms with Crippen LogP contribution in [0.15, 0.2) is 82.8 Å². The second-order valence-electron chi connectivity index (χ2n) is 7.29. The summed E-state index contributed by atoms with van der Waals surface area (Å²) in [6, 6.07) is 14.7. The quantitative estimate of drug-likeness (QED) is 0.443. The Morgan fingerprint density at radius 2 is 1.66 bits per heavy atom. The van der Waals surface area contributed by atoms with E-state index in [0.717, 1.165) is 11.8 Å². The summed E-state index contributed by atoms with van der Waals surface area (Å²) in [7, 11) is -4.14. The number of hydrogen-bond donors (Lipinski definition) is 2. The van der Waals surface area contributed by atoms with Crippen molar-refractivity contribution in [1.29, 1.82) is 0 Å². The van der Waals surface area contributed by atoms with E-state index < -0.39 is 32.6 Å². The van der Waals surface area contributed by atoms with Gasteiger partial charge in [-0.2, -0.15) is 4.72 Å². The molecule has 1 atom stereocenters. The van der Waals surface area contributed by atoms with Gasteiger partial charge in [0.15, 0.2) is 0 Å². The number of ether oxygens (including phenoxy) is 1. The van der Waals surface area contributed by atoms with E-state index in [9.17, 15) is 22.7 Å². The topological polar surface area (TPSA) is 106 Å². The lowest BCUT2D eigenvalue weighted by Gasteiger charge is -2.30. The number of carbonyl (C=O) groups is 1. The number of pyridine rings is 1. The molecule has 0 fully saturated rings. The highest BCUT2D eigenvalue weighted by Gasteiger charge is 2.40. The van der Waals surface area contributed by atoms with E-state index in [0.29, 0.717) is 16.5 Å². The molecular weight excluding hydrogens is 455 g/mol. The summed E-state index contributed by atoms with van der Waals surface area (Å²) in [6.07, 6.45) is 1.58. The molecule has 1 heterocycles. The summed E-state index contributed by atoms with van der Waals surface area (Å²) in [5.74, 6) is -0.976. The number of aliphatic carboxylic acids is 1. The highest BCUT2D eigenvalue weighted by Crippen LogP contribution is 2.35. The summed E-state index contributed by atoms with van der Waals surface area (Å²) in [6.45, 7) is 3.26. The Kier molecular flexibility index (Phi) is 7.17. The molecule has 0 aliphatic heterocycles. The van der Waals surface area contributed by atoms with Gasteiger partial charge in [-0.3, -0.25) is 4.79 Å². The Bertz CT molecular complexity index is 1170. The molecule has 1 unspecified atom stereocenters. The lowest BCUT2D eigenvalue weighted by molar-refractivity contribution is -0.139. The first kappa shape index (κ1) is 23.7. The molecule has 32 heavy (non-hydrogen) atoms. The molecule has 3 aromatic rings. The first-order valence-corrected chi connectivity index (χ1v) is 11.8. The van der Waals surface area contributed by atoms with Crippen LogP contribution in [-0.2, 0) is 14.8 Å². The lowest BCUT2D eigenvalue weighted by atomic mass is 10.1. The monoisotopic (exact) mass is 476 g/mol. The Balaban J connectivity index is 1.76. The van der Waals surface area contributed by atoms with Crippen LogP contribution in [0.3, 0.4) is 0 Å². The number of carboxylic acid groups (broad SMARTS) is 1. The number of carboxylic acids is 1. The summed E-state index contributed by atoms with van der Waals surface area (Å²) >= 11 is 1.16. The fraction of sp³-hybridized carbons (Fsp3) is 0.182. The minimum absolute atomic E-state index is 0.117. The van der Waals surface area contributed by atoms with Crippen molar-refractivity contribution < 1.29 is 27.4 Å². The van der Waals surface area contributed by atoms with Crippen molar-refractivity contribution >= 4 is 27.8 Å². The molecule has 0 radical (unpaired) electrons. The van der Waals surface area contributed by atoms with Crippen LogP contribution in [0.5, 0.6) is 11.5 Å². The van der Waals surface area contributed by atoms with Crippen molar-refractivity contribution in [1.82, 2.24) is 9.71 Å². The van der Waals surface area contributed by atoms with Gasteiger partial charge < -0.3 is 9.84 Å². The van der Waals surface area contributed by atoms with Gasteiger partial charge in [0.2, 0.25) is 10.0 Å². The fourth-order valence-electron chi connectivity index (χ4n) is 2.77. The zero-order valence-electron chi connectivity index (χ0n) is 17.2. The van der Waals surface area contributed by atoms with Gasteiger partial charge >= 0.3 is 5.97 Å². The molecule has 0 amide bonds. The molecule has 7 nitrogen and oxygen atoms in total. The van der Waals surface area contributed by atoms with Crippen LogP contribution in [-0.4, -0.2) is 35.3 Å². The molecular formula is C22H21FN2O5S2. The van der Waals surface area contributed by atoms with Crippen molar-refractivity contribution in [3.05, 3.63) is 78.7 Å². The predicted molar refractivity (Wildman–Crippen MR) is 119 cm³/mol. The average Bonchev–Trinajstić information content (AvgIpc) is 2.74.